The topological polar surface area (TPSA) is 85.9 Å². The first-order chi connectivity index (χ1) is 5.59. The molecule has 1 heterocycles. The van der Waals surface area contributed by atoms with Crippen LogP contribution >= 0.6 is 11.6 Å². The molecule has 1 aromatic rings. The maximum Gasteiger partial charge on any atom is 0.324 e. The summed E-state index contributed by atoms with van der Waals surface area (Å²) in [7, 11) is 0. The molecule has 1 rings (SSSR count). The minimum atomic E-state index is -0.923. The molecule has 0 radical (unpaired) electrons. The lowest BCUT2D eigenvalue weighted by atomic mass is 10.2. The molecule has 6 heteroatoms. The van der Waals surface area contributed by atoms with Crippen molar-refractivity contribution < 1.29 is 9.90 Å². The predicted octanol–water partition coefficient (Wildman–Crippen LogP) is 0.374. The van der Waals surface area contributed by atoms with Gasteiger partial charge in [0.25, 0.3) is 0 Å². The van der Waals surface area contributed by atoms with Gasteiger partial charge in [0.2, 0.25) is 0 Å². The highest BCUT2D eigenvalue weighted by Crippen LogP contribution is 2.08. The second-order valence-electron chi connectivity index (χ2n) is 2.27. The van der Waals surface area contributed by atoms with Crippen molar-refractivity contribution in [3.05, 3.63) is 21.3 Å². The number of carboxylic acids is 1. The predicted molar refractivity (Wildman–Crippen MR) is 42.4 cm³/mol. The largest absolute Gasteiger partial charge is 0.481 e. The van der Waals surface area contributed by atoms with E-state index < -0.39 is 11.7 Å². The molecule has 0 saturated carbocycles. The molecule has 66 valence electrons. The molecule has 0 aliphatic heterocycles. The van der Waals surface area contributed by atoms with E-state index in [1.54, 1.807) is 0 Å². The Bertz CT molecular complexity index is 341. The first-order valence-corrected chi connectivity index (χ1v) is 3.66. The van der Waals surface area contributed by atoms with Crippen LogP contribution in [0.15, 0.2) is 4.79 Å². The standard InChI is InChI=1S/C6H7ClN2O3/c7-5-3(1-2-4(10)11)8-6(12)9-5/h1-2H2,(H,10,11)(H2,8,9,12). The molecular weight excluding hydrogens is 184 g/mol. The van der Waals surface area contributed by atoms with Gasteiger partial charge in [-0.2, -0.15) is 0 Å². The minimum Gasteiger partial charge on any atom is -0.481 e. The van der Waals surface area contributed by atoms with E-state index in [-0.39, 0.29) is 18.0 Å². The number of H-pyrrole nitrogens is 2. The lowest BCUT2D eigenvalue weighted by Crippen LogP contribution is -2.02. The van der Waals surface area contributed by atoms with Crippen molar-refractivity contribution in [1.29, 1.82) is 0 Å². The van der Waals surface area contributed by atoms with Crippen LogP contribution in [0.3, 0.4) is 0 Å². The van der Waals surface area contributed by atoms with E-state index in [0.717, 1.165) is 0 Å². The third-order valence-electron chi connectivity index (χ3n) is 1.34. The van der Waals surface area contributed by atoms with Crippen LogP contribution in [0.1, 0.15) is 12.1 Å². The first kappa shape index (κ1) is 8.86. The van der Waals surface area contributed by atoms with Crippen LogP contribution in [0, 0.1) is 0 Å². The van der Waals surface area contributed by atoms with Gasteiger partial charge in [-0.15, -0.1) is 0 Å². The van der Waals surface area contributed by atoms with Crippen molar-refractivity contribution in [2.24, 2.45) is 0 Å². The Balaban J connectivity index is 2.69. The molecule has 0 saturated heterocycles. The van der Waals surface area contributed by atoms with Crippen molar-refractivity contribution >= 4 is 17.6 Å². The SMILES string of the molecule is O=C(O)CCc1[nH]c(=O)[nH]c1Cl. The number of rotatable bonds is 3. The average molecular weight is 191 g/mol. The van der Waals surface area contributed by atoms with Crippen molar-refractivity contribution in [3.63, 3.8) is 0 Å². The number of hydrogen-bond donors (Lipinski definition) is 3. The number of aryl methyl sites for hydroxylation is 1. The fourth-order valence-corrected chi connectivity index (χ4v) is 1.03. The Labute approximate surface area is 72.4 Å². The number of hydrogen-bond acceptors (Lipinski definition) is 2. The minimum absolute atomic E-state index is 0.0481. The van der Waals surface area contributed by atoms with Gasteiger partial charge in [-0.3, -0.25) is 9.78 Å². The number of nitrogens with one attached hydrogen (secondary N) is 2. The van der Waals surface area contributed by atoms with Gasteiger partial charge in [-0.25, -0.2) is 4.79 Å². The number of imidazole rings is 1. The van der Waals surface area contributed by atoms with Crippen molar-refractivity contribution in [2.45, 2.75) is 12.8 Å². The number of carboxylic acid groups (broad SMARTS) is 1. The van der Waals surface area contributed by atoms with E-state index in [1.165, 1.54) is 0 Å². The van der Waals surface area contributed by atoms with Crippen LogP contribution in [-0.4, -0.2) is 21.0 Å². The molecule has 0 spiro atoms. The molecule has 0 aromatic carbocycles. The van der Waals surface area contributed by atoms with Gasteiger partial charge in [0, 0.05) is 6.42 Å². The van der Waals surface area contributed by atoms with Gasteiger partial charge in [-0.05, 0) is 0 Å². The Morgan fingerprint density at radius 1 is 1.50 bits per heavy atom. The third-order valence-corrected chi connectivity index (χ3v) is 1.66. The Morgan fingerprint density at radius 3 is 2.58 bits per heavy atom. The highest BCUT2D eigenvalue weighted by Gasteiger charge is 2.06. The summed E-state index contributed by atoms with van der Waals surface area (Å²) < 4.78 is 0. The second-order valence-corrected chi connectivity index (χ2v) is 2.64. The molecule has 0 fully saturated rings. The van der Waals surface area contributed by atoms with Crippen LogP contribution in [-0.2, 0) is 11.2 Å². The van der Waals surface area contributed by atoms with Crippen LogP contribution in [0.2, 0.25) is 5.15 Å². The van der Waals surface area contributed by atoms with Gasteiger partial charge < -0.3 is 10.1 Å². The van der Waals surface area contributed by atoms with Crippen molar-refractivity contribution in [3.8, 4) is 0 Å². The Hall–Kier alpha value is -1.23. The van der Waals surface area contributed by atoms with Gasteiger partial charge >= 0.3 is 11.7 Å². The molecule has 1 aromatic heterocycles. The van der Waals surface area contributed by atoms with E-state index in [0.29, 0.717) is 5.69 Å². The summed E-state index contributed by atoms with van der Waals surface area (Å²) in [6.07, 6.45) is 0.181. The summed E-state index contributed by atoms with van der Waals surface area (Å²) in [6, 6.07) is 0. The van der Waals surface area contributed by atoms with E-state index in [4.69, 9.17) is 16.7 Å². The van der Waals surface area contributed by atoms with E-state index >= 15 is 0 Å². The monoisotopic (exact) mass is 190 g/mol. The smallest absolute Gasteiger partial charge is 0.324 e. The summed E-state index contributed by atoms with van der Waals surface area (Å²) in [5.41, 5.74) is 0.0180. The van der Waals surface area contributed by atoms with Gasteiger partial charge in [0.05, 0.1) is 12.1 Å². The number of aromatic amines is 2. The Morgan fingerprint density at radius 2 is 2.17 bits per heavy atom. The van der Waals surface area contributed by atoms with Gasteiger partial charge in [0.15, 0.2) is 0 Å². The fourth-order valence-electron chi connectivity index (χ4n) is 0.802. The second kappa shape index (κ2) is 3.44. The number of halogens is 1. The Kier molecular flexibility index (Phi) is 2.54. The summed E-state index contributed by atoms with van der Waals surface area (Å²) in [6.45, 7) is 0. The lowest BCUT2D eigenvalue weighted by molar-refractivity contribution is -0.136. The normalized spacial score (nSPS) is 10.1. The summed E-state index contributed by atoms with van der Waals surface area (Å²) in [5, 5.41) is 8.51. The van der Waals surface area contributed by atoms with Crippen molar-refractivity contribution in [1.82, 2.24) is 9.97 Å². The van der Waals surface area contributed by atoms with Crippen molar-refractivity contribution in [2.75, 3.05) is 0 Å². The molecule has 0 amide bonds. The summed E-state index contributed by atoms with van der Waals surface area (Å²) in [4.78, 5) is 25.4. The van der Waals surface area contributed by atoms with Crippen LogP contribution in [0.4, 0.5) is 0 Å². The highest BCUT2D eigenvalue weighted by molar-refractivity contribution is 6.30. The molecule has 0 unspecified atom stereocenters. The third kappa shape index (κ3) is 2.13. The van der Waals surface area contributed by atoms with Crippen LogP contribution in [0.25, 0.3) is 0 Å². The molecule has 0 bridgehead atoms. The zero-order valence-corrected chi connectivity index (χ0v) is 6.81. The molecule has 3 N–H and O–H groups in total. The molecule has 12 heavy (non-hydrogen) atoms. The molecule has 5 nitrogen and oxygen atoms in total. The summed E-state index contributed by atoms with van der Waals surface area (Å²) in [5.74, 6) is -0.923. The zero-order chi connectivity index (χ0) is 9.14. The van der Waals surface area contributed by atoms with E-state index in [9.17, 15) is 9.59 Å². The first-order valence-electron chi connectivity index (χ1n) is 3.28. The number of aliphatic carboxylic acids is 1. The van der Waals surface area contributed by atoms with Gasteiger partial charge in [0.1, 0.15) is 5.15 Å². The fraction of sp³-hybridized carbons (Fsp3) is 0.333. The van der Waals surface area contributed by atoms with Gasteiger partial charge in [-0.1, -0.05) is 11.6 Å². The quantitative estimate of drug-likeness (QED) is 0.644. The van der Waals surface area contributed by atoms with Crippen LogP contribution < -0.4 is 5.69 Å². The van der Waals surface area contributed by atoms with E-state index in [2.05, 4.69) is 9.97 Å². The molecule has 0 atom stereocenters. The summed E-state index contributed by atoms with van der Waals surface area (Å²) >= 11 is 5.55. The number of aromatic nitrogens is 2. The maximum absolute atomic E-state index is 10.6. The average Bonchev–Trinajstić information content (AvgIpc) is 2.26. The molecule has 0 aliphatic rings. The maximum atomic E-state index is 10.6. The number of carbonyl (C=O) groups is 1. The lowest BCUT2D eigenvalue weighted by Gasteiger charge is -1.92. The molecule has 0 aliphatic carbocycles. The molecular formula is C6H7ClN2O3. The van der Waals surface area contributed by atoms with Crippen LogP contribution in [0.5, 0.6) is 0 Å². The highest BCUT2D eigenvalue weighted by atomic mass is 35.5. The zero-order valence-electron chi connectivity index (χ0n) is 6.06. The van der Waals surface area contributed by atoms with E-state index in [1.807, 2.05) is 0 Å².